The fourth-order valence-corrected chi connectivity index (χ4v) is 5.01. The summed E-state index contributed by atoms with van der Waals surface area (Å²) in [5.74, 6) is -0.707. The van der Waals surface area contributed by atoms with E-state index in [1.165, 1.54) is 42.6 Å². The Morgan fingerprint density at radius 2 is 1.66 bits per heavy atom. The van der Waals surface area contributed by atoms with Crippen molar-refractivity contribution >= 4 is 74.2 Å². The number of hydrogen-bond donors (Lipinski definition) is 1. The van der Waals surface area contributed by atoms with Crippen LogP contribution in [0.15, 0.2) is 76.7 Å². The molecule has 6 nitrogen and oxygen atoms in total. The maximum Gasteiger partial charge on any atom is 0.264 e. The van der Waals surface area contributed by atoms with Gasteiger partial charge in [0.05, 0.1) is 31.9 Å². The van der Waals surface area contributed by atoms with Gasteiger partial charge in [-0.3, -0.25) is 9.10 Å². The SMILES string of the molecule is O=C(CN(c1cccc(Cl)c1Cl)S(=O)(=O)c1ccccc1)N/N=C/c1ccc(Cl)cc1Cl. The maximum atomic E-state index is 13.3. The van der Waals surface area contributed by atoms with Crippen molar-refractivity contribution in [3.8, 4) is 0 Å². The number of nitrogens with one attached hydrogen (secondary N) is 1. The molecule has 1 N–H and O–H groups in total. The average Bonchev–Trinajstić information content (AvgIpc) is 2.76. The highest BCUT2D eigenvalue weighted by atomic mass is 35.5. The molecule has 0 saturated carbocycles. The van der Waals surface area contributed by atoms with Gasteiger partial charge in [-0.15, -0.1) is 0 Å². The second-order valence-corrected chi connectivity index (χ2v) is 9.85. The normalized spacial score (nSPS) is 11.5. The first kappa shape index (κ1) is 24.4. The summed E-state index contributed by atoms with van der Waals surface area (Å²) in [7, 11) is -4.14. The third-order valence-electron chi connectivity index (χ3n) is 4.17. The number of sulfonamides is 1. The summed E-state index contributed by atoms with van der Waals surface area (Å²) in [5, 5.41) is 4.78. The van der Waals surface area contributed by atoms with Gasteiger partial charge in [0.2, 0.25) is 0 Å². The number of anilines is 1. The Morgan fingerprint density at radius 1 is 0.938 bits per heavy atom. The smallest absolute Gasteiger partial charge is 0.264 e. The second kappa shape index (κ2) is 10.6. The number of carbonyl (C=O) groups is 1. The monoisotopic (exact) mass is 529 g/mol. The molecule has 3 rings (SSSR count). The zero-order valence-electron chi connectivity index (χ0n) is 16.2. The van der Waals surface area contributed by atoms with E-state index in [2.05, 4.69) is 10.5 Å². The quantitative estimate of drug-likeness (QED) is 0.317. The summed E-state index contributed by atoms with van der Waals surface area (Å²) >= 11 is 24.2. The highest BCUT2D eigenvalue weighted by Crippen LogP contribution is 2.35. The van der Waals surface area contributed by atoms with E-state index in [-0.39, 0.29) is 20.6 Å². The molecule has 0 aliphatic rings. The van der Waals surface area contributed by atoms with Gasteiger partial charge in [-0.05, 0) is 36.4 Å². The number of hydrazone groups is 1. The van der Waals surface area contributed by atoms with Gasteiger partial charge in [-0.25, -0.2) is 13.8 Å². The van der Waals surface area contributed by atoms with E-state index >= 15 is 0 Å². The van der Waals surface area contributed by atoms with Crippen LogP contribution in [0.3, 0.4) is 0 Å². The molecule has 166 valence electrons. The fraction of sp³-hybridized carbons (Fsp3) is 0.0476. The Balaban J connectivity index is 1.88. The summed E-state index contributed by atoms with van der Waals surface area (Å²) in [6.45, 7) is -0.594. The van der Waals surface area contributed by atoms with Gasteiger partial charge in [-0.2, -0.15) is 5.10 Å². The van der Waals surface area contributed by atoms with Crippen LogP contribution in [0.2, 0.25) is 20.1 Å². The van der Waals surface area contributed by atoms with Crippen LogP contribution in [0.1, 0.15) is 5.56 Å². The molecule has 0 unspecified atom stereocenters. The Hall–Kier alpha value is -2.29. The molecule has 0 aliphatic heterocycles. The number of nitrogens with zero attached hydrogens (tertiary/aromatic N) is 2. The van der Waals surface area contributed by atoms with Gasteiger partial charge in [0.25, 0.3) is 15.9 Å². The highest BCUT2D eigenvalue weighted by molar-refractivity contribution is 7.92. The molecular weight excluding hydrogens is 516 g/mol. The van der Waals surface area contributed by atoms with Crippen molar-refractivity contribution in [2.45, 2.75) is 4.90 Å². The van der Waals surface area contributed by atoms with Crippen LogP contribution >= 0.6 is 46.4 Å². The molecule has 0 aliphatic carbocycles. The van der Waals surface area contributed by atoms with Crippen LogP contribution < -0.4 is 9.73 Å². The number of amides is 1. The fourth-order valence-electron chi connectivity index (χ4n) is 2.65. The van der Waals surface area contributed by atoms with Crippen molar-refractivity contribution < 1.29 is 13.2 Å². The largest absolute Gasteiger partial charge is 0.271 e. The summed E-state index contributed by atoms with van der Waals surface area (Å²) in [6, 6.07) is 16.9. The van der Waals surface area contributed by atoms with Crippen molar-refractivity contribution in [3.63, 3.8) is 0 Å². The van der Waals surface area contributed by atoms with E-state index in [9.17, 15) is 13.2 Å². The molecule has 3 aromatic carbocycles. The van der Waals surface area contributed by atoms with Crippen LogP contribution in [-0.2, 0) is 14.8 Å². The Labute approximate surface area is 205 Å². The van der Waals surface area contributed by atoms with Gasteiger partial charge < -0.3 is 0 Å². The Kier molecular flexibility index (Phi) is 8.03. The van der Waals surface area contributed by atoms with E-state index in [0.717, 1.165) is 4.31 Å². The molecule has 32 heavy (non-hydrogen) atoms. The Bertz CT molecular complexity index is 1270. The molecule has 0 fully saturated rings. The predicted octanol–water partition coefficient (Wildman–Crippen LogP) is 5.65. The highest BCUT2D eigenvalue weighted by Gasteiger charge is 2.29. The van der Waals surface area contributed by atoms with E-state index < -0.39 is 22.5 Å². The lowest BCUT2D eigenvalue weighted by Gasteiger charge is -2.24. The number of rotatable bonds is 7. The third-order valence-corrected chi connectivity index (χ3v) is 7.32. The molecule has 0 bridgehead atoms. The van der Waals surface area contributed by atoms with Crippen LogP contribution in [0, 0.1) is 0 Å². The molecule has 0 aromatic heterocycles. The lowest BCUT2D eigenvalue weighted by molar-refractivity contribution is -0.119. The first-order valence-corrected chi connectivity index (χ1v) is 11.9. The standard InChI is InChI=1S/C21H15Cl4N3O3S/c22-15-10-9-14(18(24)11-15)12-26-27-20(29)13-28(19-8-4-7-17(23)21(19)25)32(30,31)16-5-2-1-3-6-16/h1-12H,13H2,(H,27,29)/b26-12+. The van der Waals surface area contributed by atoms with Crippen molar-refractivity contribution in [2.24, 2.45) is 5.10 Å². The molecule has 0 radical (unpaired) electrons. The van der Waals surface area contributed by atoms with Crippen LogP contribution in [-0.4, -0.2) is 27.1 Å². The molecule has 0 atom stereocenters. The first-order valence-electron chi connectivity index (χ1n) is 8.99. The van der Waals surface area contributed by atoms with Crippen molar-refractivity contribution in [1.29, 1.82) is 0 Å². The molecule has 1 amide bonds. The number of hydrogen-bond acceptors (Lipinski definition) is 4. The van der Waals surface area contributed by atoms with E-state index in [1.807, 2.05) is 0 Å². The van der Waals surface area contributed by atoms with Crippen molar-refractivity contribution in [3.05, 3.63) is 92.4 Å². The first-order chi connectivity index (χ1) is 15.2. The number of benzene rings is 3. The lowest BCUT2D eigenvalue weighted by atomic mass is 10.2. The zero-order valence-corrected chi connectivity index (χ0v) is 20.0. The topological polar surface area (TPSA) is 78.8 Å². The zero-order chi connectivity index (χ0) is 23.3. The van der Waals surface area contributed by atoms with Gasteiger partial charge in [-0.1, -0.05) is 76.7 Å². The summed E-state index contributed by atoms with van der Waals surface area (Å²) < 4.78 is 27.4. The number of halogens is 4. The second-order valence-electron chi connectivity index (χ2n) is 6.36. The predicted molar refractivity (Wildman–Crippen MR) is 130 cm³/mol. The molecule has 0 saturated heterocycles. The number of carbonyl (C=O) groups excluding carboxylic acids is 1. The van der Waals surface area contributed by atoms with Gasteiger partial charge in [0, 0.05) is 10.6 Å². The van der Waals surface area contributed by atoms with Gasteiger partial charge >= 0.3 is 0 Å². The maximum absolute atomic E-state index is 13.3. The van der Waals surface area contributed by atoms with E-state index in [1.54, 1.807) is 30.3 Å². The van der Waals surface area contributed by atoms with Crippen molar-refractivity contribution in [1.82, 2.24) is 5.43 Å². The molecule has 0 spiro atoms. The molecule has 0 heterocycles. The van der Waals surface area contributed by atoms with E-state index in [0.29, 0.717) is 15.6 Å². The van der Waals surface area contributed by atoms with E-state index in [4.69, 9.17) is 46.4 Å². The van der Waals surface area contributed by atoms with Crippen LogP contribution in [0.5, 0.6) is 0 Å². The van der Waals surface area contributed by atoms with Gasteiger partial charge in [0.1, 0.15) is 6.54 Å². The summed E-state index contributed by atoms with van der Waals surface area (Å²) in [4.78, 5) is 12.6. The molecule has 11 heteroatoms. The summed E-state index contributed by atoms with van der Waals surface area (Å²) in [5.41, 5.74) is 2.86. The summed E-state index contributed by atoms with van der Waals surface area (Å²) in [6.07, 6.45) is 1.32. The third kappa shape index (κ3) is 5.74. The van der Waals surface area contributed by atoms with Crippen LogP contribution in [0.25, 0.3) is 0 Å². The minimum Gasteiger partial charge on any atom is -0.271 e. The molecular formula is C21H15Cl4N3O3S. The van der Waals surface area contributed by atoms with Crippen molar-refractivity contribution in [2.75, 3.05) is 10.8 Å². The Morgan fingerprint density at radius 3 is 2.34 bits per heavy atom. The molecule has 3 aromatic rings. The van der Waals surface area contributed by atoms with Crippen LogP contribution in [0.4, 0.5) is 5.69 Å². The minimum absolute atomic E-state index is 0.00193. The lowest BCUT2D eigenvalue weighted by Crippen LogP contribution is -2.39. The minimum atomic E-state index is -4.14. The average molecular weight is 531 g/mol. The van der Waals surface area contributed by atoms with Gasteiger partial charge in [0.15, 0.2) is 0 Å².